The number of likely N-dealkylation sites (tertiary alicyclic amines) is 1. The van der Waals surface area contributed by atoms with Crippen molar-refractivity contribution in [3.05, 3.63) is 0 Å². The zero-order valence-electron chi connectivity index (χ0n) is 13.8. The first kappa shape index (κ1) is 15.8. The number of ether oxygens (including phenoxy) is 1. The van der Waals surface area contributed by atoms with E-state index in [1.165, 1.54) is 20.0 Å². The lowest BCUT2D eigenvalue weighted by Gasteiger charge is -2.42. The maximum absolute atomic E-state index is 12.0. The molecule has 1 saturated heterocycles. The number of methoxy groups -OCH3 is 1. The number of esters is 1. The number of hydrogen-bond donors (Lipinski definition) is 1. The molecule has 4 nitrogen and oxygen atoms in total. The van der Waals surface area contributed by atoms with Crippen molar-refractivity contribution in [2.24, 2.45) is 5.41 Å². The molecule has 0 spiro atoms. The van der Waals surface area contributed by atoms with Gasteiger partial charge in [0.2, 0.25) is 0 Å². The van der Waals surface area contributed by atoms with E-state index < -0.39 is 5.41 Å². The van der Waals surface area contributed by atoms with E-state index in [1.807, 2.05) is 13.8 Å². The molecule has 1 aliphatic heterocycles. The molecule has 2 rings (SSSR count). The lowest BCUT2D eigenvalue weighted by atomic mass is 9.74. The summed E-state index contributed by atoms with van der Waals surface area (Å²) in [7, 11) is 1.46. The second kappa shape index (κ2) is 5.30. The summed E-state index contributed by atoms with van der Waals surface area (Å²) >= 11 is 0. The van der Waals surface area contributed by atoms with Gasteiger partial charge in [0.15, 0.2) is 0 Å². The van der Waals surface area contributed by atoms with E-state index in [4.69, 9.17) is 4.74 Å². The van der Waals surface area contributed by atoms with Crippen LogP contribution in [0.4, 0.5) is 0 Å². The van der Waals surface area contributed by atoms with E-state index in [0.717, 1.165) is 19.0 Å². The molecule has 2 atom stereocenters. The highest BCUT2D eigenvalue weighted by Crippen LogP contribution is 2.36. The fourth-order valence-corrected chi connectivity index (χ4v) is 3.28. The van der Waals surface area contributed by atoms with Crippen molar-refractivity contribution in [1.29, 1.82) is 0 Å². The molecule has 2 aliphatic rings. The fourth-order valence-electron chi connectivity index (χ4n) is 3.28. The molecule has 116 valence electrons. The van der Waals surface area contributed by atoms with Crippen LogP contribution in [0.5, 0.6) is 0 Å². The summed E-state index contributed by atoms with van der Waals surface area (Å²) < 4.78 is 4.97. The van der Waals surface area contributed by atoms with Crippen LogP contribution in [0.3, 0.4) is 0 Å². The highest BCUT2D eigenvalue weighted by molar-refractivity contribution is 5.77. The van der Waals surface area contributed by atoms with Gasteiger partial charge in [-0.05, 0) is 53.9 Å². The highest BCUT2D eigenvalue weighted by Gasteiger charge is 2.47. The molecule has 20 heavy (non-hydrogen) atoms. The first-order valence-corrected chi connectivity index (χ1v) is 7.81. The summed E-state index contributed by atoms with van der Waals surface area (Å²) in [5.41, 5.74) is -0.831. The van der Waals surface area contributed by atoms with E-state index in [-0.39, 0.29) is 11.5 Å². The van der Waals surface area contributed by atoms with Gasteiger partial charge < -0.3 is 10.1 Å². The zero-order valence-corrected chi connectivity index (χ0v) is 13.8. The number of carbonyl (C=O) groups is 1. The van der Waals surface area contributed by atoms with Gasteiger partial charge in [-0.25, -0.2) is 0 Å². The Balaban J connectivity index is 1.99. The number of nitrogens with zero attached hydrogens (tertiary/aromatic N) is 1. The van der Waals surface area contributed by atoms with Crippen LogP contribution in [0.25, 0.3) is 0 Å². The van der Waals surface area contributed by atoms with E-state index >= 15 is 0 Å². The van der Waals surface area contributed by atoms with E-state index in [9.17, 15) is 4.79 Å². The van der Waals surface area contributed by atoms with Gasteiger partial charge in [0.05, 0.1) is 12.5 Å². The summed E-state index contributed by atoms with van der Waals surface area (Å²) in [6, 6.07) is 1.93. The average molecular weight is 282 g/mol. The Bertz CT molecular complexity index is 375. The molecule has 0 aromatic carbocycles. The molecular formula is C16H30N2O2. The highest BCUT2D eigenvalue weighted by atomic mass is 16.5. The fraction of sp³-hybridized carbons (Fsp3) is 0.938. The van der Waals surface area contributed by atoms with Crippen molar-refractivity contribution in [2.75, 3.05) is 13.7 Å². The molecule has 1 N–H and O–H groups in total. The maximum atomic E-state index is 12.0. The first-order valence-electron chi connectivity index (χ1n) is 7.81. The zero-order chi connectivity index (χ0) is 15.1. The summed E-state index contributed by atoms with van der Waals surface area (Å²) in [5, 5.41) is 3.71. The van der Waals surface area contributed by atoms with Crippen molar-refractivity contribution in [1.82, 2.24) is 10.2 Å². The topological polar surface area (TPSA) is 41.6 Å². The van der Waals surface area contributed by atoms with Crippen molar-refractivity contribution in [3.63, 3.8) is 0 Å². The largest absolute Gasteiger partial charge is 0.469 e. The lowest BCUT2D eigenvalue weighted by Crippen LogP contribution is -2.58. The molecular weight excluding hydrogens is 252 g/mol. The average Bonchev–Trinajstić information content (AvgIpc) is 3.12. The van der Waals surface area contributed by atoms with Crippen LogP contribution < -0.4 is 5.32 Å². The van der Waals surface area contributed by atoms with Gasteiger partial charge in [-0.2, -0.15) is 0 Å². The molecule has 0 radical (unpaired) electrons. The van der Waals surface area contributed by atoms with Crippen LogP contribution in [-0.2, 0) is 9.53 Å². The van der Waals surface area contributed by atoms with Crippen LogP contribution in [-0.4, -0.2) is 48.2 Å². The molecule has 1 saturated carbocycles. The lowest BCUT2D eigenvalue weighted by molar-refractivity contribution is -0.155. The van der Waals surface area contributed by atoms with Gasteiger partial charge in [-0.15, -0.1) is 0 Å². The molecule has 4 heteroatoms. The SMILES string of the molecule is COC(=O)C(C)(C)C(C)(C)N[C@@H]1C[C@@H](C)N(C2CC2)C1. The third-order valence-electron chi connectivity index (χ3n) is 5.46. The molecule has 0 aromatic rings. The molecule has 0 bridgehead atoms. The summed E-state index contributed by atoms with van der Waals surface area (Å²) in [6.45, 7) is 11.6. The van der Waals surface area contributed by atoms with Crippen LogP contribution in [0.2, 0.25) is 0 Å². The van der Waals surface area contributed by atoms with Crippen LogP contribution >= 0.6 is 0 Å². The standard InChI is InChI=1S/C16H30N2O2/c1-11-9-12(10-18(11)13-7-8-13)17-16(4,5)15(2,3)14(19)20-6/h11-13,17H,7-10H2,1-6H3/t11-,12-/m1/s1. The van der Waals surface area contributed by atoms with Crippen molar-refractivity contribution in [2.45, 2.75) is 77.5 Å². The summed E-state index contributed by atoms with van der Waals surface area (Å²) in [5.74, 6) is -0.153. The van der Waals surface area contributed by atoms with Gasteiger partial charge in [0.25, 0.3) is 0 Å². The third-order valence-corrected chi connectivity index (χ3v) is 5.46. The number of nitrogens with one attached hydrogen (secondary N) is 1. The molecule has 0 aromatic heterocycles. The van der Waals surface area contributed by atoms with Crippen LogP contribution in [0.15, 0.2) is 0 Å². The molecule has 1 heterocycles. The second-order valence-electron chi connectivity index (χ2n) is 7.60. The number of hydrogen-bond acceptors (Lipinski definition) is 4. The van der Waals surface area contributed by atoms with Gasteiger partial charge in [0, 0.05) is 30.2 Å². The summed E-state index contributed by atoms with van der Waals surface area (Å²) in [6.07, 6.45) is 3.87. The minimum absolute atomic E-state index is 0.153. The predicted molar refractivity (Wildman–Crippen MR) is 80.6 cm³/mol. The Labute approximate surface area is 123 Å². The quantitative estimate of drug-likeness (QED) is 0.785. The van der Waals surface area contributed by atoms with Gasteiger partial charge in [-0.1, -0.05) is 0 Å². The molecule has 1 aliphatic carbocycles. The molecule has 2 fully saturated rings. The second-order valence-corrected chi connectivity index (χ2v) is 7.60. The van der Waals surface area contributed by atoms with Gasteiger partial charge in [0.1, 0.15) is 0 Å². The van der Waals surface area contributed by atoms with Gasteiger partial charge in [-0.3, -0.25) is 9.69 Å². The Kier molecular flexibility index (Phi) is 4.18. The van der Waals surface area contributed by atoms with E-state index in [1.54, 1.807) is 0 Å². The van der Waals surface area contributed by atoms with E-state index in [2.05, 4.69) is 31.0 Å². The van der Waals surface area contributed by atoms with Crippen molar-refractivity contribution < 1.29 is 9.53 Å². The Morgan fingerprint density at radius 3 is 2.35 bits per heavy atom. The molecule has 0 amide bonds. The third kappa shape index (κ3) is 2.86. The Morgan fingerprint density at radius 1 is 1.25 bits per heavy atom. The smallest absolute Gasteiger partial charge is 0.313 e. The van der Waals surface area contributed by atoms with Gasteiger partial charge >= 0.3 is 5.97 Å². The maximum Gasteiger partial charge on any atom is 0.313 e. The normalized spacial score (nSPS) is 28.7. The number of rotatable bonds is 5. The van der Waals surface area contributed by atoms with Crippen molar-refractivity contribution in [3.8, 4) is 0 Å². The number of carbonyl (C=O) groups excluding carboxylic acids is 1. The summed E-state index contributed by atoms with van der Waals surface area (Å²) in [4.78, 5) is 14.7. The predicted octanol–water partition coefficient (Wildman–Crippen LogP) is 2.18. The Hall–Kier alpha value is -0.610. The molecule has 0 unspecified atom stereocenters. The van der Waals surface area contributed by atoms with Crippen molar-refractivity contribution >= 4 is 5.97 Å². The van der Waals surface area contributed by atoms with Crippen LogP contribution in [0, 0.1) is 5.41 Å². The van der Waals surface area contributed by atoms with E-state index in [0.29, 0.717) is 12.1 Å². The minimum Gasteiger partial charge on any atom is -0.469 e. The van der Waals surface area contributed by atoms with Crippen LogP contribution in [0.1, 0.15) is 53.9 Å². The monoisotopic (exact) mass is 282 g/mol. The Morgan fingerprint density at radius 2 is 1.85 bits per heavy atom. The minimum atomic E-state index is -0.544. The first-order chi connectivity index (χ1) is 9.19.